The van der Waals surface area contributed by atoms with E-state index < -0.39 is 11.9 Å². The predicted octanol–water partition coefficient (Wildman–Crippen LogP) is 2.23. The van der Waals surface area contributed by atoms with Crippen molar-refractivity contribution >= 4 is 24.3 Å². The molecular formula is C16H23ClF3N5O. The minimum atomic E-state index is -4.50. The van der Waals surface area contributed by atoms with Gasteiger partial charge in [-0.05, 0) is 31.4 Å². The third-order valence-corrected chi connectivity index (χ3v) is 5.13. The Balaban J connectivity index is 0.00000243. The minimum absolute atomic E-state index is 0. The van der Waals surface area contributed by atoms with E-state index in [-0.39, 0.29) is 36.2 Å². The Morgan fingerprint density at radius 3 is 2.92 bits per heavy atom. The molecule has 2 atom stereocenters. The average molecular weight is 394 g/mol. The normalized spacial score (nSPS) is 25.1. The van der Waals surface area contributed by atoms with Crippen molar-refractivity contribution in [3.05, 3.63) is 18.0 Å². The van der Waals surface area contributed by atoms with Gasteiger partial charge in [0.15, 0.2) is 0 Å². The molecule has 2 heterocycles. The molecule has 1 saturated heterocycles. The molecule has 1 aliphatic heterocycles. The Hall–Kier alpha value is -1.61. The van der Waals surface area contributed by atoms with Crippen LogP contribution >= 0.6 is 12.4 Å². The van der Waals surface area contributed by atoms with Crippen LogP contribution in [0.25, 0.3) is 0 Å². The third-order valence-electron chi connectivity index (χ3n) is 5.13. The van der Waals surface area contributed by atoms with Gasteiger partial charge in [-0.2, -0.15) is 13.2 Å². The number of nitrogens with one attached hydrogen (secondary N) is 3. The van der Waals surface area contributed by atoms with Gasteiger partial charge in [0.1, 0.15) is 5.69 Å². The van der Waals surface area contributed by atoms with Gasteiger partial charge < -0.3 is 16.0 Å². The van der Waals surface area contributed by atoms with Gasteiger partial charge in [0, 0.05) is 25.8 Å². The fourth-order valence-electron chi connectivity index (χ4n) is 3.82. The first kappa shape index (κ1) is 20.7. The number of hydrogen-bond donors (Lipinski definition) is 3. The maximum absolute atomic E-state index is 12.6. The summed E-state index contributed by atoms with van der Waals surface area (Å²) in [5, 5.41) is 8.95. The highest BCUT2D eigenvalue weighted by atomic mass is 35.5. The molecule has 3 N–H and O–H groups in total. The van der Waals surface area contributed by atoms with Gasteiger partial charge in [-0.3, -0.25) is 4.79 Å². The highest BCUT2D eigenvalue weighted by Gasteiger charge is 2.49. The number of aromatic nitrogens is 2. The van der Waals surface area contributed by atoms with Crippen LogP contribution in [0.1, 0.15) is 31.4 Å². The van der Waals surface area contributed by atoms with Crippen molar-refractivity contribution in [2.45, 2.75) is 31.9 Å². The lowest BCUT2D eigenvalue weighted by atomic mass is 9.67. The van der Waals surface area contributed by atoms with E-state index in [1.165, 1.54) is 0 Å². The van der Waals surface area contributed by atoms with Crippen molar-refractivity contribution in [1.82, 2.24) is 20.6 Å². The second-order valence-electron chi connectivity index (χ2n) is 6.68. The maximum atomic E-state index is 12.6. The summed E-state index contributed by atoms with van der Waals surface area (Å²) in [5.41, 5.74) is -1.32. The zero-order valence-electron chi connectivity index (χ0n) is 14.2. The highest BCUT2D eigenvalue weighted by Crippen LogP contribution is 2.43. The lowest BCUT2D eigenvalue weighted by Crippen LogP contribution is -2.48. The van der Waals surface area contributed by atoms with E-state index in [1.807, 2.05) is 0 Å². The summed E-state index contributed by atoms with van der Waals surface area (Å²) < 4.78 is 37.8. The Morgan fingerprint density at radius 2 is 2.15 bits per heavy atom. The van der Waals surface area contributed by atoms with E-state index in [1.54, 1.807) is 0 Å². The molecule has 0 spiro atoms. The Labute approximate surface area is 156 Å². The van der Waals surface area contributed by atoms with E-state index in [0.717, 1.165) is 44.5 Å². The predicted molar refractivity (Wildman–Crippen MR) is 93.0 cm³/mol. The first-order valence-corrected chi connectivity index (χ1v) is 8.55. The molecule has 0 radical (unpaired) electrons. The molecule has 0 aromatic carbocycles. The summed E-state index contributed by atoms with van der Waals surface area (Å²) >= 11 is 0. The smallest absolute Gasteiger partial charge is 0.354 e. The molecule has 3 rings (SSSR count). The molecule has 1 saturated carbocycles. The molecule has 1 amide bonds. The number of hydrogen-bond acceptors (Lipinski definition) is 5. The van der Waals surface area contributed by atoms with Gasteiger partial charge in [-0.1, -0.05) is 12.8 Å². The van der Waals surface area contributed by atoms with Gasteiger partial charge in [0.2, 0.25) is 11.9 Å². The third kappa shape index (κ3) is 4.37. The van der Waals surface area contributed by atoms with E-state index in [0.29, 0.717) is 19.0 Å². The van der Waals surface area contributed by atoms with Gasteiger partial charge in [0.05, 0.1) is 5.41 Å². The summed E-state index contributed by atoms with van der Waals surface area (Å²) in [4.78, 5) is 19.8. The van der Waals surface area contributed by atoms with Crippen LogP contribution in [-0.4, -0.2) is 42.1 Å². The summed E-state index contributed by atoms with van der Waals surface area (Å²) in [5.74, 6) is 0.315. The molecule has 0 bridgehead atoms. The lowest BCUT2D eigenvalue weighted by Gasteiger charge is -2.37. The first-order valence-electron chi connectivity index (χ1n) is 8.55. The molecule has 1 aromatic heterocycles. The number of halogens is 4. The van der Waals surface area contributed by atoms with Crippen molar-refractivity contribution in [2.24, 2.45) is 11.3 Å². The number of rotatable bonds is 5. The van der Waals surface area contributed by atoms with Crippen molar-refractivity contribution in [1.29, 1.82) is 0 Å². The van der Waals surface area contributed by atoms with Crippen molar-refractivity contribution in [3.63, 3.8) is 0 Å². The van der Waals surface area contributed by atoms with E-state index in [4.69, 9.17) is 0 Å². The number of alkyl halides is 3. The second kappa shape index (κ2) is 8.39. The van der Waals surface area contributed by atoms with Crippen LogP contribution < -0.4 is 16.0 Å². The Kier molecular flexibility index (Phi) is 6.68. The Morgan fingerprint density at radius 1 is 1.35 bits per heavy atom. The van der Waals surface area contributed by atoms with Crippen LogP contribution in [0.15, 0.2) is 12.3 Å². The number of nitrogens with zero attached hydrogens (tertiary/aromatic N) is 2. The second-order valence-corrected chi connectivity index (χ2v) is 6.68. The lowest BCUT2D eigenvalue weighted by molar-refractivity contribution is -0.141. The molecule has 2 fully saturated rings. The van der Waals surface area contributed by atoms with Crippen molar-refractivity contribution in [3.8, 4) is 0 Å². The maximum Gasteiger partial charge on any atom is 0.433 e. The monoisotopic (exact) mass is 393 g/mol. The topological polar surface area (TPSA) is 78.9 Å². The molecule has 0 unspecified atom stereocenters. The van der Waals surface area contributed by atoms with E-state index in [9.17, 15) is 18.0 Å². The molecule has 10 heteroatoms. The quantitative estimate of drug-likeness (QED) is 0.668. The van der Waals surface area contributed by atoms with Crippen LogP contribution in [0.5, 0.6) is 0 Å². The SMILES string of the molecule is Cl.O=C(NCCNc1nccc(C(F)(F)F)n1)[C@@]12CCCC[C@H]1CNC2. The molecule has 146 valence electrons. The number of carbonyl (C=O) groups excluding carboxylic acids is 1. The standard InChI is InChI=1S/C16H22F3N5O.ClH/c17-16(18,19)12-4-6-22-14(24-12)23-8-7-21-13(25)15-5-2-1-3-11(15)9-20-10-15;/h4,6,11,20H,1-3,5,7-10H2,(H,21,25)(H,22,23,24);1H/t11-,15+;/m0./s1. The van der Waals surface area contributed by atoms with E-state index in [2.05, 4.69) is 25.9 Å². The number of carbonyl (C=O) groups is 1. The summed E-state index contributed by atoms with van der Waals surface area (Å²) in [6.45, 7) is 2.16. The van der Waals surface area contributed by atoms with Crippen molar-refractivity contribution < 1.29 is 18.0 Å². The fourth-order valence-corrected chi connectivity index (χ4v) is 3.82. The molecule has 6 nitrogen and oxygen atoms in total. The Bertz CT molecular complexity index is 630. The number of amides is 1. The zero-order chi connectivity index (χ0) is 17.9. The average Bonchev–Trinajstić information content (AvgIpc) is 3.03. The molecule has 2 aliphatic rings. The summed E-state index contributed by atoms with van der Waals surface area (Å²) in [7, 11) is 0. The van der Waals surface area contributed by atoms with E-state index >= 15 is 0 Å². The number of anilines is 1. The summed E-state index contributed by atoms with van der Waals surface area (Å²) in [6.07, 6.45) is 0.736. The van der Waals surface area contributed by atoms with Crippen LogP contribution in [0.4, 0.5) is 19.1 Å². The van der Waals surface area contributed by atoms with Crippen LogP contribution in [0, 0.1) is 11.3 Å². The molecule has 1 aliphatic carbocycles. The molecular weight excluding hydrogens is 371 g/mol. The first-order chi connectivity index (χ1) is 11.9. The number of fused-ring (bicyclic) bond motifs is 1. The fraction of sp³-hybridized carbons (Fsp3) is 0.688. The van der Waals surface area contributed by atoms with Crippen LogP contribution in [0.3, 0.4) is 0 Å². The van der Waals surface area contributed by atoms with Crippen molar-refractivity contribution in [2.75, 3.05) is 31.5 Å². The molecule has 1 aromatic rings. The minimum Gasteiger partial charge on any atom is -0.354 e. The van der Waals surface area contributed by atoms with Gasteiger partial charge in [-0.15, -0.1) is 12.4 Å². The summed E-state index contributed by atoms with van der Waals surface area (Å²) in [6, 6.07) is 0.822. The van der Waals surface area contributed by atoms with Crippen LogP contribution in [-0.2, 0) is 11.0 Å². The largest absolute Gasteiger partial charge is 0.433 e. The molecule has 26 heavy (non-hydrogen) atoms. The highest BCUT2D eigenvalue weighted by molar-refractivity contribution is 5.85. The van der Waals surface area contributed by atoms with Gasteiger partial charge in [-0.25, -0.2) is 9.97 Å². The van der Waals surface area contributed by atoms with Gasteiger partial charge >= 0.3 is 6.18 Å². The van der Waals surface area contributed by atoms with Gasteiger partial charge in [0.25, 0.3) is 0 Å². The van der Waals surface area contributed by atoms with Crippen LogP contribution in [0.2, 0.25) is 0 Å². The zero-order valence-corrected chi connectivity index (χ0v) is 15.1.